The summed E-state index contributed by atoms with van der Waals surface area (Å²) in [6.45, 7) is 2.05. The highest BCUT2D eigenvalue weighted by Gasteiger charge is 2.18. The lowest BCUT2D eigenvalue weighted by Gasteiger charge is -2.20. The van der Waals surface area contributed by atoms with Crippen molar-refractivity contribution in [2.75, 3.05) is 18.1 Å². The van der Waals surface area contributed by atoms with Crippen molar-refractivity contribution < 1.29 is 14.3 Å². The summed E-state index contributed by atoms with van der Waals surface area (Å²) in [5, 5.41) is 2.38. The maximum absolute atomic E-state index is 12.4. The number of hydrogen-bond acceptors (Lipinski definition) is 5. The van der Waals surface area contributed by atoms with Gasteiger partial charge in [-0.3, -0.25) is 4.79 Å². The van der Waals surface area contributed by atoms with Crippen LogP contribution in [0.3, 0.4) is 0 Å². The van der Waals surface area contributed by atoms with Crippen molar-refractivity contribution >= 4 is 28.9 Å². The van der Waals surface area contributed by atoms with E-state index in [1.54, 1.807) is 10.3 Å². The van der Waals surface area contributed by atoms with E-state index in [4.69, 9.17) is 4.74 Å². The van der Waals surface area contributed by atoms with Crippen LogP contribution in [0.25, 0.3) is 10.6 Å². The summed E-state index contributed by atoms with van der Waals surface area (Å²) in [5.41, 5.74) is 1.93. The van der Waals surface area contributed by atoms with E-state index in [0.717, 1.165) is 16.3 Å². The molecule has 2 aromatic carbocycles. The third-order valence-corrected chi connectivity index (χ3v) is 4.64. The first-order valence-corrected chi connectivity index (χ1v) is 9.10. The minimum atomic E-state index is -0.596. The lowest BCUT2D eigenvalue weighted by atomic mass is 10.2. The van der Waals surface area contributed by atoms with Gasteiger partial charge in [0.2, 0.25) is 0 Å². The van der Waals surface area contributed by atoms with Crippen LogP contribution in [0.4, 0.5) is 5.69 Å². The van der Waals surface area contributed by atoms with Gasteiger partial charge in [-0.25, -0.2) is 9.78 Å². The van der Waals surface area contributed by atoms with Crippen molar-refractivity contribution in [1.29, 1.82) is 0 Å². The van der Waals surface area contributed by atoms with Gasteiger partial charge in [-0.15, -0.1) is 11.3 Å². The second kappa shape index (κ2) is 8.40. The number of benzene rings is 2. The molecule has 0 saturated heterocycles. The molecule has 0 N–H and O–H groups in total. The Balaban J connectivity index is 1.62. The first-order valence-electron chi connectivity index (χ1n) is 8.22. The van der Waals surface area contributed by atoms with Crippen LogP contribution in [0.2, 0.25) is 0 Å². The summed E-state index contributed by atoms with van der Waals surface area (Å²) >= 11 is 1.37. The highest BCUT2D eigenvalue weighted by atomic mass is 32.1. The maximum Gasteiger partial charge on any atom is 0.358 e. The quantitative estimate of drug-likeness (QED) is 0.618. The maximum atomic E-state index is 12.4. The van der Waals surface area contributed by atoms with Gasteiger partial charge in [0.05, 0.1) is 0 Å². The summed E-state index contributed by atoms with van der Waals surface area (Å²) in [4.78, 5) is 30.4. The molecule has 0 aliphatic rings. The largest absolute Gasteiger partial charge is 0.451 e. The topological polar surface area (TPSA) is 59.5 Å². The number of rotatable bonds is 6. The van der Waals surface area contributed by atoms with Crippen LogP contribution in [-0.4, -0.2) is 30.0 Å². The predicted octanol–water partition coefficient (Wildman–Crippen LogP) is 4.02. The molecule has 1 aromatic heterocycles. The minimum absolute atomic E-state index is 0.212. The lowest BCUT2D eigenvalue weighted by Crippen LogP contribution is -2.34. The number of esters is 1. The van der Waals surface area contributed by atoms with Crippen LogP contribution >= 0.6 is 11.3 Å². The summed E-state index contributed by atoms with van der Waals surface area (Å²) in [5.74, 6) is -0.869. The zero-order valence-electron chi connectivity index (χ0n) is 14.3. The normalized spacial score (nSPS) is 10.3. The monoisotopic (exact) mass is 366 g/mol. The molecule has 1 heterocycles. The van der Waals surface area contributed by atoms with Crippen LogP contribution in [0, 0.1) is 0 Å². The number of thiazole rings is 1. The molecule has 0 bridgehead atoms. The molecule has 5 nitrogen and oxygen atoms in total. The minimum Gasteiger partial charge on any atom is -0.451 e. The molecular formula is C20H18N2O3S. The Labute approximate surface area is 155 Å². The van der Waals surface area contributed by atoms with Gasteiger partial charge >= 0.3 is 5.97 Å². The number of ether oxygens (including phenoxy) is 1. The van der Waals surface area contributed by atoms with E-state index in [-0.39, 0.29) is 18.2 Å². The van der Waals surface area contributed by atoms with E-state index in [1.807, 2.05) is 67.6 Å². The molecule has 1 amide bonds. The van der Waals surface area contributed by atoms with Crippen molar-refractivity contribution in [3.05, 3.63) is 71.7 Å². The number of hydrogen-bond donors (Lipinski definition) is 0. The van der Waals surface area contributed by atoms with Crippen molar-refractivity contribution in [1.82, 2.24) is 4.98 Å². The smallest absolute Gasteiger partial charge is 0.358 e. The summed E-state index contributed by atoms with van der Waals surface area (Å²) in [7, 11) is 0. The summed E-state index contributed by atoms with van der Waals surface area (Å²) in [6, 6.07) is 18.9. The van der Waals surface area contributed by atoms with Gasteiger partial charge in [-0.2, -0.15) is 0 Å². The van der Waals surface area contributed by atoms with E-state index >= 15 is 0 Å². The number of para-hydroxylation sites is 1. The standard InChI is InChI=1S/C20H18N2O3S/c1-2-22(16-11-7-4-8-12-16)18(23)13-25-20(24)17-14-26-19(21-17)15-9-5-3-6-10-15/h3-12,14H,2,13H2,1H3. The lowest BCUT2D eigenvalue weighted by molar-refractivity contribution is -0.121. The Morgan fingerprint density at radius 1 is 1.04 bits per heavy atom. The molecule has 0 aliphatic carbocycles. The molecule has 0 unspecified atom stereocenters. The van der Waals surface area contributed by atoms with E-state index < -0.39 is 5.97 Å². The van der Waals surface area contributed by atoms with E-state index in [0.29, 0.717) is 6.54 Å². The number of likely N-dealkylation sites (N-methyl/N-ethyl adjacent to an activating group) is 1. The highest BCUT2D eigenvalue weighted by Crippen LogP contribution is 2.23. The molecule has 3 rings (SSSR count). The molecule has 26 heavy (non-hydrogen) atoms. The molecule has 0 fully saturated rings. The SMILES string of the molecule is CCN(C(=O)COC(=O)c1csc(-c2ccccc2)n1)c1ccccc1. The van der Waals surface area contributed by atoms with Crippen LogP contribution in [0.1, 0.15) is 17.4 Å². The fraction of sp³-hybridized carbons (Fsp3) is 0.150. The summed E-state index contributed by atoms with van der Waals surface area (Å²) < 4.78 is 5.16. The van der Waals surface area contributed by atoms with Crippen molar-refractivity contribution in [3.8, 4) is 10.6 Å². The molecule has 6 heteroatoms. The second-order valence-electron chi connectivity index (χ2n) is 5.45. The number of carbonyl (C=O) groups excluding carboxylic acids is 2. The molecule has 0 spiro atoms. The second-order valence-corrected chi connectivity index (χ2v) is 6.31. The molecule has 132 valence electrons. The predicted molar refractivity (Wildman–Crippen MR) is 102 cm³/mol. The van der Waals surface area contributed by atoms with Crippen molar-refractivity contribution in [3.63, 3.8) is 0 Å². The highest BCUT2D eigenvalue weighted by molar-refractivity contribution is 7.13. The first-order chi connectivity index (χ1) is 12.7. The Bertz CT molecular complexity index is 878. The zero-order valence-corrected chi connectivity index (χ0v) is 15.1. The van der Waals surface area contributed by atoms with Gasteiger partial charge in [-0.05, 0) is 19.1 Å². The van der Waals surface area contributed by atoms with Crippen molar-refractivity contribution in [2.45, 2.75) is 6.92 Å². The Kier molecular flexibility index (Phi) is 5.76. The van der Waals surface area contributed by atoms with E-state index in [2.05, 4.69) is 4.98 Å². The third-order valence-electron chi connectivity index (χ3n) is 3.75. The number of carbonyl (C=O) groups is 2. The van der Waals surface area contributed by atoms with E-state index in [9.17, 15) is 9.59 Å². The Hall–Kier alpha value is -2.99. The molecule has 0 aliphatic heterocycles. The number of amides is 1. The molecular weight excluding hydrogens is 348 g/mol. The van der Waals surface area contributed by atoms with Gasteiger partial charge < -0.3 is 9.64 Å². The fourth-order valence-corrected chi connectivity index (χ4v) is 3.27. The van der Waals surface area contributed by atoms with Gasteiger partial charge in [0.15, 0.2) is 12.3 Å². The van der Waals surface area contributed by atoms with Crippen LogP contribution in [-0.2, 0) is 9.53 Å². The molecule has 0 saturated carbocycles. The number of aromatic nitrogens is 1. The number of nitrogens with zero attached hydrogens (tertiary/aromatic N) is 2. The Morgan fingerprint density at radius 2 is 1.69 bits per heavy atom. The third kappa shape index (κ3) is 4.15. The van der Waals surface area contributed by atoms with Gasteiger partial charge in [0, 0.05) is 23.2 Å². The van der Waals surface area contributed by atoms with Crippen LogP contribution in [0.5, 0.6) is 0 Å². The summed E-state index contributed by atoms with van der Waals surface area (Å²) in [6.07, 6.45) is 0. The van der Waals surface area contributed by atoms with Crippen LogP contribution < -0.4 is 4.90 Å². The number of anilines is 1. The van der Waals surface area contributed by atoms with Gasteiger partial charge in [-0.1, -0.05) is 48.5 Å². The Morgan fingerprint density at radius 3 is 2.35 bits per heavy atom. The average Bonchev–Trinajstić information content (AvgIpc) is 3.18. The van der Waals surface area contributed by atoms with Gasteiger partial charge in [0.1, 0.15) is 5.01 Å². The molecule has 0 radical (unpaired) electrons. The zero-order chi connectivity index (χ0) is 18.4. The molecule has 3 aromatic rings. The van der Waals surface area contributed by atoms with Crippen molar-refractivity contribution in [2.24, 2.45) is 0 Å². The first kappa shape index (κ1) is 17.8. The van der Waals surface area contributed by atoms with Crippen LogP contribution in [0.15, 0.2) is 66.0 Å². The fourth-order valence-electron chi connectivity index (χ4n) is 2.47. The van der Waals surface area contributed by atoms with Gasteiger partial charge in [0.25, 0.3) is 5.91 Å². The molecule has 0 atom stereocenters. The average molecular weight is 366 g/mol. The van der Waals surface area contributed by atoms with E-state index in [1.165, 1.54) is 11.3 Å².